The lowest BCUT2D eigenvalue weighted by Crippen LogP contribution is -2.44. The third-order valence-corrected chi connectivity index (χ3v) is 7.79. The van der Waals surface area contributed by atoms with Crippen molar-refractivity contribution in [1.29, 1.82) is 0 Å². The van der Waals surface area contributed by atoms with Crippen LogP contribution in [0, 0.1) is 11.8 Å². The van der Waals surface area contributed by atoms with Gasteiger partial charge < -0.3 is 30.5 Å². The Morgan fingerprint density at radius 1 is 0.833 bits per heavy atom. The molecule has 0 saturated carbocycles. The van der Waals surface area contributed by atoms with Gasteiger partial charge in [-0.15, -0.1) is 13.2 Å². The minimum atomic E-state index is -0.683. The van der Waals surface area contributed by atoms with E-state index in [-0.39, 0.29) is 56.4 Å². The number of carbonyl (C=O) groups excluding carboxylic acids is 4. The fraction of sp³-hybridized carbons (Fsp3) is 0.474. The quantitative estimate of drug-likeness (QED) is 0.0669. The number of benzene rings is 2. The minimum Gasteiger partial charge on any atom is -0.463 e. The largest absolute Gasteiger partial charge is 0.463 e. The van der Waals surface area contributed by atoms with Crippen LogP contribution in [0.4, 0.5) is 4.79 Å². The minimum absolute atomic E-state index is 0.0293. The number of esters is 1. The van der Waals surface area contributed by atoms with E-state index < -0.39 is 24.1 Å². The van der Waals surface area contributed by atoms with Gasteiger partial charge in [0.2, 0.25) is 11.8 Å². The van der Waals surface area contributed by atoms with Crippen LogP contribution in [0.25, 0.3) is 0 Å². The SMILES string of the molecule is C=CCCC[C@H](Cc1ccccc1)C(=O)OC[C@H](CCCCNC(=O)OCc1ccccc1)NC(=O)[C@H](CC=C)CC(=O)N[C@@H](C)CO. The van der Waals surface area contributed by atoms with Crippen molar-refractivity contribution in [3.8, 4) is 0 Å². The number of alkyl carbamates (subject to hydrolysis) is 1. The standard InChI is InChI=1S/C38H53N3O7/c1-4-6-9-21-33(24-30-17-10-7-11-18-30)37(45)47-28-34(41-36(44)32(16-5-2)25-35(43)40-29(3)26-42)22-14-15-23-39-38(46)48-27-31-19-12-8-13-20-31/h4-5,7-8,10-13,17-20,29,32-34,42H,1-2,6,9,14-16,21-28H2,3H3,(H,39,46)(H,40,43)(H,41,44)/t29-,32+,33+,34-/m0/s1. The van der Waals surface area contributed by atoms with E-state index in [4.69, 9.17) is 9.47 Å². The van der Waals surface area contributed by atoms with Crippen LogP contribution >= 0.6 is 0 Å². The summed E-state index contributed by atoms with van der Waals surface area (Å²) in [6, 6.07) is 18.2. The highest BCUT2D eigenvalue weighted by atomic mass is 16.5. The summed E-state index contributed by atoms with van der Waals surface area (Å²) < 4.78 is 11.1. The number of carbonyl (C=O) groups is 4. The molecule has 4 atom stereocenters. The van der Waals surface area contributed by atoms with Crippen LogP contribution in [0.5, 0.6) is 0 Å². The normalized spacial score (nSPS) is 13.2. The number of aliphatic hydroxyl groups excluding tert-OH is 1. The molecule has 0 aromatic heterocycles. The maximum absolute atomic E-state index is 13.4. The second kappa shape index (κ2) is 23.8. The number of rotatable bonds is 24. The Labute approximate surface area is 285 Å². The summed E-state index contributed by atoms with van der Waals surface area (Å²) in [5.74, 6) is -2.06. The van der Waals surface area contributed by atoms with Crippen LogP contribution in [-0.4, -0.2) is 60.8 Å². The zero-order chi connectivity index (χ0) is 35.0. The predicted octanol–water partition coefficient (Wildman–Crippen LogP) is 5.41. The Kier molecular flexibility index (Phi) is 19.7. The molecule has 2 aromatic carbocycles. The smallest absolute Gasteiger partial charge is 0.407 e. The summed E-state index contributed by atoms with van der Waals surface area (Å²) >= 11 is 0. The van der Waals surface area contributed by atoms with Gasteiger partial charge in [0.05, 0.1) is 24.5 Å². The van der Waals surface area contributed by atoms with Crippen LogP contribution in [0.3, 0.4) is 0 Å². The third-order valence-electron chi connectivity index (χ3n) is 7.79. The van der Waals surface area contributed by atoms with E-state index in [0.717, 1.165) is 24.0 Å². The fourth-order valence-corrected chi connectivity index (χ4v) is 5.09. The van der Waals surface area contributed by atoms with E-state index in [2.05, 4.69) is 29.1 Å². The van der Waals surface area contributed by atoms with Crippen molar-refractivity contribution in [3.05, 3.63) is 97.1 Å². The van der Waals surface area contributed by atoms with E-state index in [1.54, 1.807) is 13.0 Å². The predicted molar refractivity (Wildman–Crippen MR) is 187 cm³/mol. The maximum Gasteiger partial charge on any atom is 0.407 e. The van der Waals surface area contributed by atoms with Crippen molar-refractivity contribution in [2.75, 3.05) is 19.8 Å². The molecule has 0 radical (unpaired) electrons. The van der Waals surface area contributed by atoms with E-state index in [1.807, 2.05) is 66.7 Å². The summed E-state index contributed by atoms with van der Waals surface area (Å²) in [6.45, 7) is 9.49. The average molecular weight is 664 g/mol. The molecule has 0 fully saturated rings. The summed E-state index contributed by atoms with van der Waals surface area (Å²) in [5.41, 5.74) is 1.93. The van der Waals surface area contributed by atoms with Gasteiger partial charge in [-0.1, -0.05) is 72.8 Å². The molecule has 0 aliphatic heterocycles. The molecule has 4 N–H and O–H groups in total. The van der Waals surface area contributed by atoms with Gasteiger partial charge in [0.25, 0.3) is 0 Å². The van der Waals surface area contributed by atoms with E-state index >= 15 is 0 Å². The number of hydrogen-bond acceptors (Lipinski definition) is 7. The van der Waals surface area contributed by atoms with Gasteiger partial charge in [-0.25, -0.2) is 4.79 Å². The van der Waals surface area contributed by atoms with Crippen molar-refractivity contribution in [2.24, 2.45) is 11.8 Å². The zero-order valence-electron chi connectivity index (χ0n) is 28.2. The fourth-order valence-electron chi connectivity index (χ4n) is 5.09. The van der Waals surface area contributed by atoms with Crippen molar-refractivity contribution < 1.29 is 33.8 Å². The first-order valence-electron chi connectivity index (χ1n) is 16.8. The topological polar surface area (TPSA) is 143 Å². The number of nitrogens with one attached hydrogen (secondary N) is 3. The van der Waals surface area contributed by atoms with Gasteiger partial charge in [0.15, 0.2) is 0 Å². The molecule has 0 spiro atoms. The molecule has 2 rings (SSSR count). The number of hydrogen-bond donors (Lipinski definition) is 4. The van der Waals surface area contributed by atoms with E-state index in [9.17, 15) is 24.3 Å². The molecule has 262 valence electrons. The molecular formula is C38H53N3O7. The van der Waals surface area contributed by atoms with Crippen LogP contribution in [0.2, 0.25) is 0 Å². The summed E-state index contributed by atoms with van der Waals surface area (Å²) in [7, 11) is 0. The molecule has 0 unspecified atom stereocenters. The Hall–Kier alpha value is -4.44. The maximum atomic E-state index is 13.4. The van der Waals surface area contributed by atoms with Crippen LogP contribution in [0.1, 0.15) is 69.4 Å². The van der Waals surface area contributed by atoms with Crippen molar-refractivity contribution in [3.63, 3.8) is 0 Å². The molecule has 0 aliphatic rings. The van der Waals surface area contributed by atoms with Gasteiger partial charge in [-0.05, 0) is 69.4 Å². The Bertz CT molecular complexity index is 1260. The van der Waals surface area contributed by atoms with Gasteiger partial charge in [0, 0.05) is 19.0 Å². The van der Waals surface area contributed by atoms with Crippen molar-refractivity contribution >= 4 is 23.9 Å². The monoisotopic (exact) mass is 663 g/mol. The van der Waals surface area contributed by atoms with Gasteiger partial charge >= 0.3 is 12.1 Å². The summed E-state index contributed by atoms with van der Waals surface area (Å²) in [4.78, 5) is 51.4. The Morgan fingerprint density at radius 3 is 2.17 bits per heavy atom. The molecule has 0 heterocycles. The Balaban J connectivity index is 2.01. The first-order valence-corrected chi connectivity index (χ1v) is 16.8. The molecule has 0 saturated heterocycles. The second-order valence-corrected chi connectivity index (χ2v) is 12.0. The van der Waals surface area contributed by atoms with Crippen molar-refractivity contribution in [2.45, 2.75) is 83.4 Å². The lowest BCUT2D eigenvalue weighted by molar-refractivity contribution is -0.150. The molecule has 10 heteroatoms. The molecule has 3 amide bonds. The number of amides is 3. The molecule has 10 nitrogen and oxygen atoms in total. The summed E-state index contributed by atoms with van der Waals surface area (Å²) in [6.07, 6.45) is 7.59. The second-order valence-electron chi connectivity index (χ2n) is 12.0. The van der Waals surface area contributed by atoms with E-state index in [0.29, 0.717) is 38.6 Å². The first kappa shape index (κ1) is 39.7. The number of unbranched alkanes of at least 4 members (excludes halogenated alkanes) is 2. The number of allylic oxidation sites excluding steroid dienone is 2. The highest BCUT2D eigenvalue weighted by Crippen LogP contribution is 2.19. The highest BCUT2D eigenvalue weighted by Gasteiger charge is 2.26. The van der Waals surface area contributed by atoms with Crippen molar-refractivity contribution in [1.82, 2.24) is 16.0 Å². The Morgan fingerprint density at radius 2 is 1.52 bits per heavy atom. The molecule has 48 heavy (non-hydrogen) atoms. The molecule has 2 aromatic rings. The van der Waals surface area contributed by atoms with E-state index in [1.165, 1.54) is 0 Å². The van der Waals surface area contributed by atoms with Gasteiger partial charge in [-0.2, -0.15) is 0 Å². The lowest BCUT2D eigenvalue weighted by atomic mass is 9.94. The highest BCUT2D eigenvalue weighted by molar-refractivity contribution is 5.86. The molecule has 0 aliphatic carbocycles. The van der Waals surface area contributed by atoms with Gasteiger partial charge in [0.1, 0.15) is 13.2 Å². The third kappa shape index (κ3) is 16.9. The average Bonchev–Trinajstić information content (AvgIpc) is 3.09. The number of aliphatic hydroxyl groups is 1. The van der Waals surface area contributed by atoms with Crippen LogP contribution in [0.15, 0.2) is 86.0 Å². The molecule has 0 bridgehead atoms. The zero-order valence-corrected chi connectivity index (χ0v) is 28.2. The number of ether oxygens (including phenoxy) is 2. The van der Waals surface area contributed by atoms with Crippen LogP contribution < -0.4 is 16.0 Å². The molecular weight excluding hydrogens is 610 g/mol. The lowest BCUT2D eigenvalue weighted by Gasteiger charge is -2.24. The first-order chi connectivity index (χ1) is 23.2. The van der Waals surface area contributed by atoms with Crippen LogP contribution in [-0.2, 0) is 36.9 Å². The summed E-state index contributed by atoms with van der Waals surface area (Å²) in [5, 5.41) is 17.7. The van der Waals surface area contributed by atoms with Gasteiger partial charge in [-0.3, -0.25) is 14.4 Å².